The molecule has 0 amide bonds. The number of hydrogen-bond acceptors (Lipinski definition) is 8. The molecule has 0 saturated carbocycles. The van der Waals surface area contributed by atoms with Crippen LogP contribution in [0.5, 0.6) is 0 Å². The van der Waals surface area contributed by atoms with E-state index in [9.17, 15) is 13.8 Å². The largest absolute Gasteiger partial charge is 0.369 e. The molecule has 1 aliphatic rings. The number of halogens is 1. The van der Waals surface area contributed by atoms with Crippen LogP contribution in [0.4, 0.5) is 33.2 Å². The summed E-state index contributed by atoms with van der Waals surface area (Å²) in [5, 5.41) is 7.77. The molecule has 43 heavy (non-hydrogen) atoms. The van der Waals surface area contributed by atoms with Gasteiger partial charge in [0, 0.05) is 54.6 Å². The number of hydrogen-bond donors (Lipinski definition) is 3. The third-order valence-electron chi connectivity index (χ3n) is 7.61. The fourth-order valence-corrected chi connectivity index (χ4v) is 6.40. The molecule has 3 heterocycles. The highest BCUT2D eigenvalue weighted by Gasteiger charge is 2.23. The summed E-state index contributed by atoms with van der Waals surface area (Å²) >= 11 is 0. The van der Waals surface area contributed by atoms with E-state index in [1.165, 1.54) is 24.3 Å². The van der Waals surface area contributed by atoms with E-state index in [0.717, 1.165) is 37.6 Å². The number of aromatic nitrogens is 3. The molecular weight excluding hydrogens is 564 g/mol. The van der Waals surface area contributed by atoms with Gasteiger partial charge in [-0.2, -0.15) is 9.97 Å². The molecule has 3 aromatic carbocycles. The van der Waals surface area contributed by atoms with E-state index in [4.69, 9.17) is 4.98 Å². The number of aromatic amines is 1. The van der Waals surface area contributed by atoms with Gasteiger partial charge in [-0.05, 0) is 81.0 Å². The van der Waals surface area contributed by atoms with Crippen molar-refractivity contribution in [2.75, 3.05) is 62.1 Å². The molecule has 0 atom stereocenters. The van der Waals surface area contributed by atoms with Gasteiger partial charge in [-0.25, -0.2) is 4.39 Å². The molecule has 0 spiro atoms. The second kappa shape index (κ2) is 11.6. The van der Waals surface area contributed by atoms with Crippen molar-refractivity contribution in [1.82, 2.24) is 19.9 Å². The zero-order valence-corrected chi connectivity index (χ0v) is 25.2. The van der Waals surface area contributed by atoms with E-state index >= 15 is 0 Å². The van der Waals surface area contributed by atoms with Gasteiger partial charge in [0.05, 0.1) is 16.6 Å². The maximum Gasteiger partial charge on any atom is 0.231 e. The van der Waals surface area contributed by atoms with Crippen LogP contribution in [-0.2, 0) is 4.57 Å². The average molecular weight is 598 g/mol. The number of para-hydroxylation sites is 1. The molecule has 1 aliphatic heterocycles. The Labute approximate surface area is 249 Å². The Morgan fingerprint density at radius 1 is 0.907 bits per heavy atom. The number of carbonyl (C=O) groups excluding carboxylic acids is 1. The van der Waals surface area contributed by atoms with Gasteiger partial charge in [-0.1, -0.05) is 12.1 Å². The van der Waals surface area contributed by atoms with Crippen LogP contribution in [0.1, 0.15) is 15.9 Å². The van der Waals surface area contributed by atoms with E-state index < -0.39 is 13.0 Å². The Morgan fingerprint density at radius 3 is 2.30 bits per heavy atom. The summed E-state index contributed by atoms with van der Waals surface area (Å²) in [7, 11) is -0.510. The van der Waals surface area contributed by atoms with Crippen molar-refractivity contribution in [2.45, 2.75) is 0 Å². The predicted molar refractivity (Wildman–Crippen MR) is 172 cm³/mol. The molecule has 1 saturated heterocycles. The minimum Gasteiger partial charge on any atom is -0.369 e. The van der Waals surface area contributed by atoms with Gasteiger partial charge in [0.15, 0.2) is 5.78 Å². The number of piperazine rings is 1. The molecule has 5 aromatic rings. The van der Waals surface area contributed by atoms with Crippen molar-refractivity contribution in [1.29, 1.82) is 0 Å². The summed E-state index contributed by atoms with van der Waals surface area (Å²) in [4.78, 5) is 30.8. The molecular formula is C32H33FN7O2P. The number of rotatable bonds is 8. The van der Waals surface area contributed by atoms with Crippen LogP contribution in [-0.4, -0.2) is 72.2 Å². The number of fused-ring (bicyclic) bond motifs is 1. The highest BCUT2D eigenvalue weighted by atomic mass is 31.2. The number of H-pyrrole nitrogens is 1. The minimum absolute atomic E-state index is 0.303. The summed E-state index contributed by atoms with van der Waals surface area (Å²) in [5.41, 5.74) is 3.70. The molecule has 0 unspecified atom stereocenters. The molecule has 220 valence electrons. The van der Waals surface area contributed by atoms with E-state index in [0.29, 0.717) is 44.9 Å². The molecule has 1 fully saturated rings. The monoisotopic (exact) mass is 597 g/mol. The van der Waals surface area contributed by atoms with Crippen LogP contribution >= 0.6 is 7.14 Å². The van der Waals surface area contributed by atoms with E-state index in [1.807, 2.05) is 36.4 Å². The number of benzene rings is 3. The lowest BCUT2D eigenvalue weighted by molar-refractivity contribution is 0.104. The minimum atomic E-state index is -2.65. The molecule has 6 rings (SSSR count). The number of anilines is 5. The van der Waals surface area contributed by atoms with Crippen molar-refractivity contribution in [2.24, 2.45) is 0 Å². The van der Waals surface area contributed by atoms with Crippen LogP contribution in [0, 0.1) is 5.82 Å². The maximum atomic E-state index is 13.6. The molecule has 2 aromatic heterocycles. The van der Waals surface area contributed by atoms with Gasteiger partial charge in [0.25, 0.3) is 0 Å². The summed E-state index contributed by atoms with van der Waals surface area (Å²) in [6, 6.07) is 20.9. The van der Waals surface area contributed by atoms with Crippen LogP contribution in [0.3, 0.4) is 0 Å². The second-order valence-electron chi connectivity index (χ2n) is 11.1. The smallest absolute Gasteiger partial charge is 0.231 e. The Kier molecular flexibility index (Phi) is 7.73. The van der Waals surface area contributed by atoms with Gasteiger partial charge >= 0.3 is 0 Å². The summed E-state index contributed by atoms with van der Waals surface area (Å²) < 4.78 is 26.7. The van der Waals surface area contributed by atoms with E-state index in [-0.39, 0.29) is 5.78 Å². The van der Waals surface area contributed by atoms with Gasteiger partial charge in [-0.15, -0.1) is 0 Å². The SMILES string of the molecule is CN1CCN(c2ccc(Nc3nc(Nc4ccccc4P(C)(C)=O)c4c(C(=O)c5ccc(F)cc5)c[nH]c4n3)cc2)CC1. The average Bonchev–Trinajstić information content (AvgIpc) is 3.42. The van der Waals surface area contributed by atoms with Gasteiger partial charge in [0.1, 0.15) is 24.4 Å². The normalized spacial score (nSPS) is 14.2. The Bertz CT molecular complexity index is 1830. The summed E-state index contributed by atoms with van der Waals surface area (Å²) in [6.07, 6.45) is 1.58. The number of nitrogens with one attached hydrogen (secondary N) is 3. The zero-order valence-electron chi connectivity index (χ0n) is 24.3. The summed E-state index contributed by atoms with van der Waals surface area (Å²) in [5.74, 6) is -0.0375. The van der Waals surface area contributed by atoms with Crippen LogP contribution in [0.15, 0.2) is 79.0 Å². The Balaban J connectivity index is 1.38. The first-order valence-electron chi connectivity index (χ1n) is 14.1. The van der Waals surface area contributed by atoms with Crippen molar-refractivity contribution in [3.05, 3.63) is 95.9 Å². The summed E-state index contributed by atoms with van der Waals surface area (Å²) in [6.45, 7) is 7.44. The van der Waals surface area contributed by atoms with Gasteiger partial charge in [-0.3, -0.25) is 4.79 Å². The lowest BCUT2D eigenvalue weighted by Gasteiger charge is -2.34. The number of nitrogens with zero attached hydrogens (tertiary/aromatic N) is 4. The fourth-order valence-electron chi connectivity index (χ4n) is 5.24. The van der Waals surface area contributed by atoms with Crippen molar-refractivity contribution >= 4 is 58.1 Å². The standard InChI is InChI=1S/C32H33FN7O2P/c1-39-16-18-40(19-17-39)24-14-12-23(13-15-24)35-32-37-30-28(25(20-34-30)29(41)21-8-10-22(33)11-9-21)31(38-32)36-26-6-4-5-7-27(26)43(2,3)42/h4-15,20H,16-19H2,1-3H3,(H3,34,35,36,37,38). The number of ketones is 1. The third kappa shape index (κ3) is 6.16. The van der Waals surface area contributed by atoms with Gasteiger partial charge in [0.2, 0.25) is 5.95 Å². The van der Waals surface area contributed by atoms with Crippen molar-refractivity contribution in [3.63, 3.8) is 0 Å². The van der Waals surface area contributed by atoms with Crippen molar-refractivity contribution < 1.29 is 13.8 Å². The van der Waals surface area contributed by atoms with Crippen LogP contribution in [0.25, 0.3) is 11.0 Å². The maximum absolute atomic E-state index is 13.6. The zero-order chi connectivity index (χ0) is 30.1. The van der Waals surface area contributed by atoms with Crippen LogP contribution in [0.2, 0.25) is 0 Å². The fraction of sp³-hybridized carbons (Fsp3) is 0.219. The lowest BCUT2D eigenvalue weighted by Crippen LogP contribution is -2.44. The Hall–Kier alpha value is -4.53. The van der Waals surface area contributed by atoms with E-state index in [1.54, 1.807) is 19.5 Å². The quantitative estimate of drug-likeness (QED) is 0.152. The van der Waals surface area contributed by atoms with Crippen LogP contribution < -0.4 is 20.8 Å². The molecule has 9 nitrogen and oxygen atoms in total. The molecule has 3 N–H and O–H groups in total. The Morgan fingerprint density at radius 2 is 1.60 bits per heavy atom. The molecule has 0 aliphatic carbocycles. The number of likely N-dealkylation sites (N-methyl/N-ethyl adjacent to an activating group) is 1. The first-order valence-corrected chi connectivity index (χ1v) is 16.7. The lowest BCUT2D eigenvalue weighted by atomic mass is 10.0. The van der Waals surface area contributed by atoms with Crippen molar-refractivity contribution in [3.8, 4) is 0 Å². The predicted octanol–water partition coefficient (Wildman–Crippen LogP) is 5.82. The molecule has 11 heteroatoms. The first kappa shape index (κ1) is 28.6. The molecule has 0 radical (unpaired) electrons. The topological polar surface area (TPSA) is 106 Å². The second-order valence-corrected chi connectivity index (χ2v) is 14.3. The highest BCUT2D eigenvalue weighted by Crippen LogP contribution is 2.39. The first-order chi connectivity index (χ1) is 20.7. The third-order valence-corrected chi connectivity index (χ3v) is 9.16. The number of carbonyl (C=O) groups is 1. The van der Waals surface area contributed by atoms with Gasteiger partial charge < -0.3 is 30.0 Å². The van der Waals surface area contributed by atoms with E-state index in [2.05, 4.69) is 49.6 Å². The highest BCUT2D eigenvalue weighted by molar-refractivity contribution is 7.70. The molecule has 0 bridgehead atoms.